The van der Waals surface area contributed by atoms with E-state index in [1.165, 1.54) is 5.56 Å². The number of nitrogens with two attached hydrogens (primary N) is 1. The summed E-state index contributed by atoms with van der Waals surface area (Å²) in [5.74, 6) is 1.72. The molecule has 0 aliphatic rings. The Kier molecular flexibility index (Phi) is 5.02. The van der Waals surface area contributed by atoms with Gasteiger partial charge in [0, 0.05) is 12.1 Å². The third kappa shape index (κ3) is 3.52. The van der Waals surface area contributed by atoms with Crippen molar-refractivity contribution in [2.45, 2.75) is 26.5 Å². The Morgan fingerprint density at radius 1 is 1.05 bits per heavy atom. The highest BCUT2D eigenvalue weighted by atomic mass is 16.5. The second-order valence-electron chi connectivity index (χ2n) is 4.64. The first-order chi connectivity index (χ1) is 9.76. The van der Waals surface area contributed by atoms with Crippen LogP contribution >= 0.6 is 0 Å². The van der Waals surface area contributed by atoms with Crippen LogP contribution in [0, 0.1) is 0 Å². The summed E-state index contributed by atoms with van der Waals surface area (Å²) in [5.41, 5.74) is 9.08. The Labute approximate surface area is 120 Å². The molecular formula is C17H21NO2. The minimum Gasteiger partial charge on any atom is -0.496 e. The fourth-order valence-corrected chi connectivity index (χ4v) is 2.10. The van der Waals surface area contributed by atoms with Crippen molar-refractivity contribution >= 4 is 0 Å². The van der Waals surface area contributed by atoms with Gasteiger partial charge in [-0.25, -0.2) is 0 Å². The van der Waals surface area contributed by atoms with E-state index in [1.54, 1.807) is 7.11 Å². The smallest absolute Gasteiger partial charge is 0.123 e. The standard InChI is InChI=1S/C17H21NO2/c1-3-13-5-4-6-16(10-13)20-12-14-7-8-17(19-2)15(9-14)11-18/h4-10H,3,11-12,18H2,1-2H3. The molecule has 2 aromatic carbocycles. The van der Waals surface area contributed by atoms with E-state index in [9.17, 15) is 0 Å². The lowest BCUT2D eigenvalue weighted by Gasteiger charge is -2.11. The summed E-state index contributed by atoms with van der Waals surface area (Å²) in [6.45, 7) is 3.13. The molecular weight excluding hydrogens is 250 g/mol. The van der Waals surface area contributed by atoms with Crippen molar-refractivity contribution < 1.29 is 9.47 Å². The summed E-state index contributed by atoms with van der Waals surface area (Å²) in [7, 11) is 1.65. The summed E-state index contributed by atoms with van der Waals surface area (Å²) in [4.78, 5) is 0. The second kappa shape index (κ2) is 6.96. The maximum Gasteiger partial charge on any atom is 0.123 e. The van der Waals surface area contributed by atoms with E-state index in [-0.39, 0.29) is 0 Å². The Bertz CT molecular complexity index is 567. The van der Waals surface area contributed by atoms with Crippen molar-refractivity contribution in [3.05, 3.63) is 59.2 Å². The largest absolute Gasteiger partial charge is 0.496 e. The molecule has 2 aromatic rings. The Balaban J connectivity index is 2.06. The van der Waals surface area contributed by atoms with Gasteiger partial charge in [-0.15, -0.1) is 0 Å². The molecule has 0 spiro atoms. The Morgan fingerprint density at radius 3 is 2.60 bits per heavy atom. The number of methoxy groups -OCH3 is 1. The zero-order chi connectivity index (χ0) is 14.4. The molecule has 0 aliphatic heterocycles. The first kappa shape index (κ1) is 14.4. The van der Waals surface area contributed by atoms with Crippen LogP contribution < -0.4 is 15.2 Å². The van der Waals surface area contributed by atoms with Gasteiger partial charge in [0.25, 0.3) is 0 Å². The number of benzene rings is 2. The highest BCUT2D eigenvalue weighted by molar-refractivity contribution is 5.37. The van der Waals surface area contributed by atoms with Gasteiger partial charge in [0.2, 0.25) is 0 Å². The third-order valence-corrected chi connectivity index (χ3v) is 3.28. The van der Waals surface area contributed by atoms with Crippen molar-refractivity contribution in [2.75, 3.05) is 7.11 Å². The van der Waals surface area contributed by atoms with Crippen LogP contribution in [0.4, 0.5) is 0 Å². The summed E-state index contributed by atoms with van der Waals surface area (Å²) >= 11 is 0. The minimum atomic E-state index is 0.461. The fourth-order valence-electron chi connectivity index (χ4n) is 2.10. The molecule has 3 heteroatoms. The first-order valence-electron chi connectivity index (χ1n) is 6.84. The Hall–Kier alpha value is -2.00. The van der Waals surface area contributed by atoms with Gasteiger partial charge in [0.15, 0.2) is 0 Å². The van der Waals surface area contributed by atoms with Crippen LogP contribution in [0.15, 0.2) is 42.5 Å². The van der Waals surface area contributed by atoms with Gasteiger partial charge in [-0.2, -0.15) is 0 Å². The lowest BCUT2D eigenvalue weighted by molar-refractivity contribution is 0.305. The molecule has 0 amide bonds. The van der Waals surface area contributed by atoms with Crippen LogP contribution in [-0.4, -0.2) is 7.11 Å². The van der Waals surface area contributed by atoms with E-state index in [0.29, 0.717) is 13.2 Å². The average Bonchev–Trinajstić information content (AvgIpc) is 2.52. The zero-order valence-electron chi connectivity index (χ0n) is 12.1. The molecule has 0 heterocycles. The summed E-state index contributed by atoms with van der Waals surface area (Å²) in [6, 6.07) is 14.1. The summed E-state index contributed by atoms with van der Waals surface area (Å²) < 4.78 is 11.1. The molecule has 106 valence electrons. The first-order valence-corrected chi connectivity index (χ1v) is 6.84. The molecule has 0 unspecified atom stereocenters. The van der Waals surface area contributed by atoms with Gasteiger partial charge >= 0.3 is 0 Å². The Morgan fingerprint density at radius 2 is 1.90 bits per heavy atom. The van der Waals surface area contributed by atoms with Crippen molar-refractivity contribution in [1.29, 1.82) is 0 Å². The van der Waals surface area contributed by atoms with Gasteiger partial charge < -0.3 is 15.2 Å². The molecule has 2 rings (SSSR count). The predicted molar refractivity (Wildman–Crippen MR) is 81.0 cm³/mol. The lowest BCUT2D eigenvalue weighted by atomic mass is 10.1. The van der Waals surface area contributed by atoms with Crippen LogP contribution in [0.5, 0.6) is 11.5 Å². The highest BCUT2D eigenvalue weighted by Gasteiger charge is 2.04. The van der Waals surface area contributed by atoms with Crippen LogP contribution in [0.3, 0.4) is 0 Å². The van der Waals surface area contributed by atoms with E-state index < -0.39 is 0 Å². The maximum atomic E-state index is 5.83. The molecule has 0 aliphatic carbocycles. The monoisotopic (exact) mass is 271 g/mol. The zero-order valence-corrected chi connectivity index (χ0v) is 12.1. The lowest BCUT2D eigenvalue weighted by Crippen LogP contribution is -2.02. The highest BCUT2D eigenvalue weighted by Crippen LogP contribution is 2.21. The molecule has 0 saturated heterocycles. The van der Waals surface area contributed by atoms with Gasteiger partial charge in [-0.05, 0) is 41.8 Å². The van der Waals surface area contributed by atoms with E-state index in [2.05, 4.69) is 19.1 Å². The normalized spacial score (nSPS) is 10.3. The summed E-state index contributed by atoms with van der Waals surface area (Å²) in [5, 5.41) is 0. The molecule has 3 nitrogen and oxygen atoms in total. The molecule has 0 saturated carbocycles. The minimum absolute atomic E-state index is 0.461. The topological polar surface area (TPSA) is 44.5 Å². The number of hydrogen-bond donors (Lipinski definition) is 1. The van der Waals surface area contributed by atoms with Crippen LogP contribution in [0.25, 0.3) is 0 Å². The SMILES string of the molecule is CCc1cccc(OCc2ccc(OC)c(CN)c2)c1. The molecule has 0 bridgehead atoms. The number of ether oxygens (including phenoxy) is 2. The number of rotatable bonds is 6. The van der Waals surface area contributed by atoms with Gasteiger partial charge in [-0.3, -0.25) is 0 Å². The van der Waals surface area contributed by atoms with Crippen molar-refractivity contribution in [1.82, 2.24) is 0 Å². The third-order valence-electron chi connectivity index (χ3n) is 3.28. The molecule has 0 radical (unpaired) electrons. The van der Waals surface area contributed by atoms with E-state index in [1.807, 2.05) is 30.3 Å². The molecule has 0 aromatic heterocycles. The number of hydrogen-bond acceptors (Lipinski definition) is 3. The van der Waals surface area contributed by atoms with E-state index in [4.69, 9.17) is 15.2 Å². The van der Waals surface area contributed by atoms with Crippen LogP contribution in [0.1, 0.15) is 23.6 Å². The number of aryl methyl sites for hydroxylation is 1. The molecule has 2 N–H and O–H groups in total. The van der Waals surface area contributed by atoms with Crippen molar-refractivity contribution in [3.63, 3.8) is 0 Å². The van der Waals surface area contributed by atoms with Gasteiger partial charge in [0.05, 0.1) is 7.11 Å². The predicted octanol–water partition coefficient (Wildman–Crippen LogP) is 3.30. The average molecular weight is 271 g/mol. The quantitative estimate of drug-likeness (QED) is 0.876. The molecule has 0 fully saturated rings. The summed E-state index contributed by atoms with van der Waals surface area (Å²) in [6.07, 6.45) is 1.01. The van der Waals surface area contributed by atoms with E-state index in [0.717, 1.165) is 29.0 Å². The van der Waals surface area contributed by atoms with Crippen LogP contribution in [0.2, 0.25) is 0 Å². The molecule has 20 heavy (non-hydrogen) atoms. The van der Waals surface area contributed by atoms with Crippen LogP contribution in [-0.2, 0) is 19.6 Å². The van der Waals surface area contributed by atoms with E-state index >= 15 is 0 Å². The van der Waals surface area contributed by atoms with Crippen molar-refractivity contribution in [2.24, 2.45) is 5.73 Å². The second-order valence-corrected chi connectivity index (χ2v) is 4.64. The fraction of sp³-hybridized carbons (Fsp3) is 0.294. The van der Waals surface area contributed by atoms with Gasteiger partial charge in [-0.1, -0.05) is 25.1 Å². The molecule has 0 atom stereocenters. The van der Waals surface area contributed by atoms with Crippen molar-refractivity contribution in [3.8, 4) is 11.5 Å². The maximum absolute atomic E-state index is 5.83. The van der Waals surface area contributed by atoms with Gasteiger partial charge in [0.1, 0.15) is 18.1 Å².